The van der Waals surface area contributed by atoms with E-state index in [9.17, 15) is 0 Å². The van der Waals surface area contributed by atoms with Gasteiger partial charge >= 0.3 is 0 Å². The smallest absolute Gasteiger partial charge is 0.0739 e. The van der Waals surface area contributed by atoms with Crippen molar-refractivity contribution in [3.63, 3.8) is 0 Å². The molecule has 0 aromatic carbocycles. The number of nitrogens with one attached hydrogen (secondary N) is 1. The Bertz CT molecular complexity index is 509. The van der Waals surface area contributed by atoms with Crippen molar-refractivity contribution >= 4 is 15.9 Å². The molecule has 1 fully saturated rings. The van der Waals surface area contributed by atoms with Crippen molar-refractivity contribution in [3.05, 3.63) is 15.9 Å². The van der Waals surface area contributed by atoms with E-state index in [1.807, 2.05) is 0 Å². The van der Waals surface area contributed by atoms with E-state index in [4.69, 9.17) is 0 Å². The first kappa shape index (κ1) is 17.0. The highest BCUT2D eigenvalue weighted by molar-refractivity contribution is 9.10. The predicted octanol–water partition coefficient (Wildman–Crippen LogP) is 3.33. The van der Waals surface area contributed by atoms with E-state index in [0.717, 1.165) is 42.8 Å². The molecule has 1 unspecified atom stereocenters. The SMILES string of the molecule is CCn1nc(C)c(Br)c1CN1CC(C)(CC)NCC1(C)C. The van der Waals surface area contributed by atoms with E-state index in [1.54, 1.807) is 0 Å². The van der Waals surface area contributed by atoms with Gasteiger partial charge in [0.05, 0.1) is 15.9 Å². The van der Waals surface area contributed by atoms with Crippen LogP contribution in [0.1, 0.15) is 52.4 Å². The largest absolute Gasteiger partial charge is 0.308 e. The lowest BCUT2D eigenvalue weighted by Gasteiger charge is -2.50. The molecule has 5 heteroatoms. The van der Waals surface area contributed by atoms with Crippen LogP contribution in [-0.4, -0.2) is 38.8 Å². The standard InChI is InChI=1S/C16H29BrN4/c1-7-16(6)11-20(15(4,5)10-18-16)9-13-14(17)12(3)19-21(13)8-2/h18H,7-11H2,1-6H3. The molecule has 1 atom stereocenters. The fourth-order valence-corrected chi connectivity index (χ4v) is 3.35. The molecular formula is C16H29BrN4. The maximum absolute atomic E-state index is 4.63. The number of hydrogen-bond acceptors (Lipinski definition) is 3. The van der Waals surface area contributed by atoms with E-state index in [-0.39, 0.29) is 11.1 Å². The molecule has 0 bridgehead atoms. The van der Waals surface area contributed by atoms with E-state index in [2.05, 4.69) is 77.5 Å². The molecule has 1 N–H and O–H groups in total. The van der Waals surface area contributed by atoms with Gasteiger partial charge in [-0.25, -0.2) is 0 Å². The quantitative estimate of drug-likeness (QED) is 0.897. The van der Waals surface area contributed by atoms with Crippen molar-refractivity contribution in [3.8, 4) is 0 Å². The molecule has 1 aliphatic heterocycles. The third-order valence-electron chi connectivity index (χ3n) is 4.92. The first-order chi connectivity index (χ1) is 9.72. The number of halogens is 1. The summed E-state index contributed by atoms with van der Waals surface area (Å²) in [5.74, 6) is 0. The van der Waals surface area contributed by atoms with Gasteiger partial charge in [-0.15, -0.1) is 0 Å². The zero-order chi connectivity index (χ0) is 15.8. The van der Waals surface area contributed by atoms with Crippen LogP contribution in [0.2, 0.25) is 0 Å². The lowest BCUT2D eigenvalue weighted by Crippen LogP contribution is -2.66. The van der Waals surface area contributed by atoms with Crippen molar-refractivity contribution in [1.29, 1.82) is 0 Å². The van der Waals surface area contributed by atoms with Crippen molar-refractivity contribution in [2.45, 2.75) is 72.1 Å². The van der Waals surface area contributed by atoms with Crippen molar-refractivity contribution < 1.29 is 0 Å². The van der Waals surface area contributed by atoms with Gasteiger partial charge in [0.25, 0.3) is 0 Å². The lowest BCUT2D eigenvalue weighted by molar-refractivity contribution is 0.0225. The summed E-state index contributed by atoms with van der Waals surface area (Å²) in [6.07, 6.45) is 1.15. The highest BCUT2D eigenvalue weighted by atomic mass is 79.9. The van der Waals surface area contributed by atoms with Gasteiger partial charge < -0.3 is 5.32 Å². The van der Waals surface area contributed by atoms with Crippen LogP contribution in [0.4, 0.5) is 0 Å². The third kappa shape index (κ3) is 3.35. The second-order valence-electron chi connectivity index (χ2n) is 7.10. The van der Waals surface area contributed by atoms with Crippen LogP contribution in [0.3, 0.4) is 0 Å². The van der Waals surface area contributed by atoms with E-state index in [1.165, 1.54) is 5.69 Å². The average Bonchev–Trinajstić information content (AvgIpc) is 2.71. The van der Waals surface area contributed by atoms with Gasteiger partial charge in [-0.2, -0.15) is 5.10 Å². The van der Waals surface area contributed by atoms with E-state index >= 15 is 0 Å². The molecule has 2 heterocycles. The van der Waals surface area contributed by atoms with Gasteiger partial charge in [-0.3, -0.25) is 9.58 Å². The van der Waals surface area contributed by atoms with Crippen LogP contribution in [-0.2, 0) is 13.1 Å². The minimum atomic E-state index is 0.158. The Balaban J connectivity index is 2.28. The van der Waals surface area contributed by atoms with Crippen LogP contribution in [0.15, 0.2) is 4.47 Å². The zero-order valence-electron chi connectivity index (χ0n) is 14.3. The highest BCUT2D eigenvalue weighted by Gasteiger charge is 2.39. The Morgan fingerprint density at radius 3 is 2.52 bits per heavy atom. The van der Waals surface area contributed by atoms with Crippen LogP contribution in [0.25, 0.3) is 0 Å². The normalized spacial score (nSPS) is 26.2. The van der Waals surface area contributed by atoms with Gasteiger partial charge in [-0.05, 0) is 57.0 Å². The minimum Gasteiger partial charge on any atom is -0.308 e. The van der Waals surface area contributed by atoms with Crippen LogP contribution >= 0.6 is 15.9 Å². The minimum absolute atomic E-state index is 0.158. The molecule has 4 nitrogen and oxygen atoms in total. The summed E-state index contributed by atoms with van der Waals surface area (Å²) in [5, 5.41) is 8.35. The Kier molecular flexibility index (Phi) is 4.86. The van der Waals surface area contributed by atoms with Crippen LogP contribution < -0.4 is 5.32 Å². The monoisotopic (exact) mass is 356 g/mol. The molecule has 0 spiro atoms. The first-order valence-electron chi connectivity index (χ1n) is 7.94. The van der Waals surface area contributed by atoms with E-state index in [0.29, 0.717) is 0 Å². The molecule has 21 heavy (non-hydrogen) atoms. The maximum Gasteiger partial charge on any atom is 0.0739 e. The molecule has 2 rings (SSSR count). The number of rotatable bonds is 4. The Morgan fingerprint density at radius 1 is 1.29 bits per heavy atom. The van der Waals surface area contributed by atoms with Crippen LogP contribution in [0, 0.1) is 6.92 Å². The molecule has 0 amide bonds. The number of aromatic nitrogens is 2. The molecule has 0 radical (unpaired) electrons. The molecule has 1 aromatic heterocycles. The Morgan fingerprint density at radius 2 is 1.95 bits per heavy atom. The predicted molar refractivity (Wildman–Crippen MR) is 91.5 cm³/mol. The molecule has 1 aliphatic rings. The second-order valence-corrected chi connectivity index (χ2v) is 7.89. The number of nitrogens with zero attached hydrogens (tertiary/aromatic N) is 3. The molecule has 1 aromatic rings. The number of piperazine rings is 1. The summed E-state index contributed by atoms with van der Waals surface area (Å²) < 4.78 is 3.29. The third-order valence-corrected chi connectivity index (χ3v) is 5.95. The summed E-state index contributed by atoms with van der Waals surface area (Å²) in [5.41, 5.74) is 2.74. The zero-order valence-corrected chi connectivity index (χ0v) is 15.8. The fourth-order valence-electron chi connectivity index (χ4n) is 2.94. The summed E-state index contributed by atoms with van der Waals surface area (Å²) in [6.45, 7) is 17.4. The Labute approximate surface area is 137 Å². The molecular weight excluding hydrogens is 328 g/mol. The summed E-state index contributed by atoms with van der Waals surface area (Å²) in [4.78, 5) is 2.60. The van der Waals surface area contributed by atoms with Crippen LogP contribution in [0.5, 0.6) is 0 Å². The van der Waals surface area contributed by atoms with Crippen molar-refractivity contribution in [2.75, 3.05) is 13.1 Å². The molecule has 0 aliphatic carbocycles. The highest BCUT2D eigenvalue weighted by Crippen LogP contribution is 2.30. The summed E-state index contributed by atoms with van der Waals surface area (Å²) in [6, 6.07) is 0. The topological polar surface area (TPSA) is 33.1 Å². The number of aryl methyl sites for hydroxylation is 2. The van der Waals surface area contributed by atoms with Gasteiger partial charge in [0.15, 0.2) is 0 Å². The fraction of sp³-hybridized carbons (Fsp3) is 0.812. The Hall–Kier alpha value is -0.390. The van der Waals surface area contributed by atoms with E-state index < -0.39 is 0 Å². The molecule has 0 saturated carbocycles. The van der Waals surface area contributed by atoms with Gasteiger partial charge in [0.2, 0.25) is 0 Å². The van der Waals surface area contributed by atoms with Crippen molar-refractivity contribution in [2.24, 2.45) is 0 Å². The maximum atomic E-state index is 4.63. The van der Waals surface area contributed by atoms with Gasteiger partial charge in [-0.1, -0.05) is 6.92 Å². The van der Waals surface area contributed by atoms with Gasteiger partial charge in [0.1, 0.15) is 0 Å². The van der Waals surface area contributed by atoms with Gasteiger partial charge in [0, 0.05) is 37.3 Å². The first-order valence-corrected chi connectivity index (χ1v) is 8.73. The summed E-state index contributed by atoms with van der Waals surface area (Å²) in [7, 11) is 0. The van der Waals surface area contributed by atoms with Crippen molar-refractivity contribution in [1.82, 2.24) is 20.0 Å². The molecule has 120 valence electrons. The molecule has 1 saturated heterocycles. The lowest BCUT2D eigenvalue weighted by atomic mass is 9.88. The summed E-state index contributed by atoms with van der Waals surface area (Å²) >= 11 is 3.73. The average molecular weight is 357 g/mol. The number of hydrogen-bond donors (Lipinski definition) is 1. The second kappa shape index (κ2) is 6.01.